The quantitative estimate of drug-likeness (QED) is 0.634. The highest BCUT2D eigenvalue weighted by atomic mass is 19.3. The lowest BCUT2D eigenvalue weighted by atomic mass is 10.0. The molecule has 1 aromatic carbocycles. The summed E-state index contributed by atoms with van der Waals surface area (Å²) in [6, 6.07) is 8.18. The van der Waals surface area contributed by atoms with Gasteiger partial charge in [0.1, 0.15) is 11.8 Å². The van der Waals surface area contributed by atoms with Gasteiger partial charge in [-0.3, -0.25) is 15.1 Å². The van der Waals surface area contributed by atoms with Crippen LogP contribution in [-0.4, -0.2) is 9.91 Å². The normalized spacial score (nSPS) is 10.3. The Balaban J connectivity index is 2.47. The number of halogens is 2. The second kappa shape index (κ2) is 5.40. The number of aromatic nitrogens is 1. The van der Waals surface area contributed by atoms with Gasteiger partial charge in [0.15, 0.2) is 0 Å². The number of nitro groups is 1. The molecule has 0 atom stereocenters. The Morgan fingerprint density at radius 2 is 2.05 bits per heavy atom. The van der Waals surface area contributed by atoms with Gasteiger partial charge in [-0.15, -0.1) is 0 Å². The molecule has 0 aliphatic carbocycles. The van der Waals surface area contributed by atoms with E-state index in [1.807, 2.05) is 6.07 Å². The molecule has 1 heterocycles. The van der Waals surface area contributed by atoms with Crippen molar-refractivity contribution in [2.45, 2.75) is 6.43 Å². The minimum Gasteiger partial charge on any atom is -0.258 e. The Morgan fingerprint density at radius 3 is 2.55 bits per heavy atom. The summed E-state index contributed by atoms with van der Waals surface area (Å²) >= 11 is 0. The highest BCUT2D eigenvalue weighted by Gasteiger charge is 2.13. The first-order valence-electron chi connectivity index (χ1n) is 5.46. The molecule has 1 aromatic heterocycles. The van der Waals surface area contributed by atoms with E-state index in [9.17, 15) is 18.9 Å². The SMILES string of the molecule is N#Cc1cc([N+](=O)[O-])ccc1-c1ccc(C(F)F)nc1. The molecule has 100 valence electrons. The standard InChI is InChI=1S/C13H7F2N3O2/c14-13(15)12-4-1-8(7-17-12)11-3-2-10(18(19)20)5-9(11)6-16/h1-5,7,13H. The number of nitriles is 1. The molecule has 0 aliphatic rings. The van der Waals surface area contributed by atoms with Crippen molar-refractivity contribution in [3.63, 3.8) is 0 Å². The van der Waals surface area contributed by atoms with Gasteiger partial charge in [-0.05, 0) is 12.1 Å². The van der Waals surface area contributed by atoms with Crippen LogP contribution in [0.15, 0.2) is 36.5 Å². The molecule has 0 unspecified atom stereocenters. The van der Waals surface area contributed by atoms with Crippen molar-refractivity contribution >= 4 is 5.69 Å². The van der Waals surface area contributed by atoms with Gasteiger partial charge in [0.05, 0.1) is 10.5 Å². The molecule has 0 spiro atoms. The Morgan fingerprint density at radius 1 is 1.30 bits per heavy atom. The lowest BCUT2D eigenvalue weighted by Crippen LogP contribution is -1.93. The van der Waals surface area contributed by atoms with Crippen molar-refractivity contribution in [2.75, 3.05) is 0 Å². The Labute approximate surface area is 112 Å². The van der Waals surface area contributed by atoms with Gasteiger partial charge in [0.25, 0.3) is 12.1 Å². The number of pyridine rings is 1. The molecule has 7 heteroatoms. The molecule has 0 bridgehead atoms. The van der Waals surface area contributed by atoms with E-state index in [0.717, 1.165) is 12.1 Å². The van der Waals surface area contributed by atoms with Crippen molar-refractivity contribution < 1.29 is 13.7 Å². The maximum absolute atomic E-state index is 12.4. The smallest absolute Gasteiger partial charge is 0.258 e. The molecule has 5 nitrogen and oxygen atoms in total. The molecule has 2 rings (SSSR count). The minimum atomic E-state index is -2.67. The van der Waals surface area contributed by atoms with Crippen molar-refractivity contribution in [3.05, 3.63) is 57.9 Å². The number of nitro benzene ring substituents is 1. The minimum absolute atomic E-state index is 0.0887. The van der Waals surface area contributed by atoms with E-state index < -0.39 is 11.3 Å². The lowest BCUT2D eigenvalue weighted by Gasteiger charge is -2.05. The second-order valence-corrected chi connectivity index (χ2v) is 3.87. The third-order valence-corrected chi connectivity index (χ3v) is 2.66. The van der Waals surface area contributed by atoms with E-state index in [0.29, 0.717) is 11.1 Å². The lowest BCUT2D eigenvalue weighted by molar-refractivity contribution is -0.384. The number of alkyl halides is 2. The Hall–Kier alpha value is -2.88. The van der Waals surface area contributed by atoms with Crippen LogP contribution < -0.4 is 0 Å². The van der Waals surface area contributed by atoms with Crippen LogP contribution in [0.3, 0.4) is 0 Å². The summed E-state index contributed by atoms with van der Waals surface area (Å²) < 4.78 is 24.8. The van der Waals surface area contributed by atoms with Gasteiger partial charge in [-0.25, -0.2) is 8.78 Å². The molecular weight excluding hydrogens is 268 g/mol. The van der Waals surface area contributed by atoms with Gasteiger partial charge in [0, 0.05) is 29.5 Å². The predicted molar refractivity (Wildman–Crippen MR) is 66.0 cm³/mol. The summed E-state index contributed by atoms with van der Waals surface area (Å²) in [5, 5.41) is 19.7. The monoisotopic (exact) mass is 275 g/mol. The number of benzene rings is 1. The van der Waals surface area contributed by atoms with E-state index in [2.05, 4.69) is 4.98 Å². The number of rotatable bonds is 3. The van der Waals surface area contributed by atoms with Crippen LogP contribution >= 0.6 is 0 Å². The molecular formula is C13H7F2N3O2. The third kappa shape index (κ3) is 2.59. The topological polar surface area (TPSA) is 79.8 Å². The largest absolute Gasteiger partial charge is 0.280 e. The zero-order chi connectivity index (χ0) is 14.7. The van der Waals surface area contributed by atoms with E-state index in [4.69, 9.17) is 5.26 Å². The number of hydrogen-bond donors (Lipinski definition) is 0. The predicted octanol–water partition coefficient (Wildman–Crippen LogP) is 3.47. The van der Waals surface area contributed by atoms with Gasteiger partial charge < -0.3 is 0 Å². The molecule has 0 saturated carbocycles. The summed E-state index contributed by atoms with van der Waals surface area (Å²) in [5.41, 5.74) is 0.370. The summed E-state index contributed by atoms with van der Waals surface area (Å²) in [6.07, 6.45) is -1.46. The van der Waals surface area contributed by atoms with Crippen LogP contribution in [-0.2, 0) is 0 Å². The molecule has 0 fully saturated rings. The molecule has 0 aliphatic heterocycles. The zero-order valence-corrected chi connectivity index (χ0v) is 9.96. The first-order valence-corrected chi connectivity index (χ1v) is 5.46. The molecule has 20 heavy (non-hydrogen) atoms. The number of non-ortho nitro benzene ring substituents is 1. The average Bonchev–Trinajstić information content (AvgIpc) is 2.46. The Bertz CT molecular complexity index is 694. The second-order valence-electron chi connectivity index (χ2n) is 3.87. The average molecular weight is 275 g/mol. The molecule has 0 amide bonds. The van der Waals surface area contributed by atoms with Crippen LogP contribution in [0.1, 0.15) is 17.7 Å². The van der Waals surface area contributed by atoms with E-state index in [1.54, 1.807) is 0 Å². The maximum Gasteiger partial charge on any atom is 0.280 e. The molecule has 2 aromatic rings. The number of hydrogen-bond acceptors (Lipinski definition) is 4. The fourth-order valence-electron chi connectivity index (χ4n) is 1.68. The van der Waals surface area contributed by atoms with Crippen molar-refractivity contribution in [1.29, 1.82) is 5.26 Å². The highest BCUT2D eigenvalue weighted by Crippen LogP contribution is 2.27. The van der Waals surface area contributed by atoms with Crippen LogP contribution in [0, 0.1) is 21.4 Å². The van der Waals surface area contributed by atoms with E-state index in [-0.39, 0.29) is 16.9 Å². The Kier molecular flexibility index (Phi) is 3.66. The zero-order valence-electron chi connectivity index (χ0n) is 9.96. The van der Waals surface area contributed by atoms with Crippen molar-refractivity contribution in [2.24, 2.45) is 0 Å². The first kappa shape index (κ1) is 13.5. The van der Waals surface area contributed by atoms with Gasteiger partial charge in [-0.1, -0.05) is 6.07 Å². The highest BCUT2D eigenvalue weighted by molar-refractivity contribution is 5.71. The fourth-order valence-corrected chi connectivity index (χ4v) is 1.68. The third-order valence-electron chi connectivity index (χ3n) is 2.66. The van der Waals surface area contributed by atoms with Crippen LogP contribution in [0.5, 0.6) is 0 Å². The van der Waals surface area contributed by atoms with Crippen LogP contribution in [0.25, 0.3) is 11.1 Å². The molecule has 0 radical (unpaired) electrons. The van der Waals surface area contributed by atoms with Gasteiger partial charge in [0.2, 0.25) is 0 Å². The molecule has 0 N–H and O–H groups in total. The summed E-state index contributed by atoms with van der Waals surface area (Å²) in [7, 11) is 0. The summed E-state index contributed by atoms with van der Waals surface area (Å²) in [4.78, 5) is 13.6. The van der Waals surface area contributed by atoms with Crippen molar-refractivity contribution in [1.82, 2.24) is 4.98 Å². The summed E-state index contributed by atoms with van der Waals surface area (Å²) in [6.45, 7) is 0. The van der Waals surface area contributed by atoms with E-state index >= 15 is 0 Å². The maximum atomic E-state index is 12.4. The molecule has 0 saturated heterocycles. The number of nitrogens with zero attached hydrogens (tertiary/aromatic N) is 3. The van der Waals surface area contributed by atoms with Crippen molar-refractivity contribution in [3.8, 4) is 17.2 Å². The van der Waals surface area contributed by atoms with Crippen LogP contribution in [0.2, 0.25) is 0 Å². The van der Waals surface area contributed by atoms with E-state index in [1.165, 1.54) is 24.4 Å². The first-order chi connectivity index (χ1) is 9.52. The van der Waals surface area contributed by atoms with Gasteiger partial charge in [-0.2, -0.15) is 5.26 Å². The van der Waals surface area contributed by atoms with Gasteiger partial charge >= 0.3 is 0 Å². The van der Waals surface area contributed by atoms with Crippen LogP contribution in [0.4, 0.5) is 14.5 Å². The summed E-state index contributed by atoms with van der Waals surface area (Å²) in [5.74, 6) is 0. The fraction of sp³-hybridized carbons (Fsp3) is 0.0769.